The summed E-state index contributed by atoms with van der Waals surface area (Å²) in [5, 5.41) is 0. The van der Waals surface area contributed by atoms with Gasteiger partial charge < -0.3 is 18.4 Å². The van der Waals surface area contributed by atoms with E-state index in [1.165, 1.54) is 12.0 Å². The van der Waals surface area contributed by atoms with Crippen LogP contribution in [-0.2, 0) is 23.2 Å². The molecular weight excluding hydrogens is 292 g/mol. The molecule has 0 N–H and O–H groups in total. The van der Waals surface area contributed by atoms with E-state index in [9.17, 15) is 4.79 Å². The Labute approximate surface area is 131 Å². The van der Waals surface area contributed by atoms with E-state index in [-0.39, 0.29) is 30.2 Å². The molecule has 2 aliphatic rings. The van der Waals surface area contributed by atoms with Crippen LogP contribution in [0.3, 0.4) is 0 Å². The van der Waals surface area contributed by atoms with Crippen molar-refractivity contribution in [1.29, 1.82) is 0 Å². The van der Waals surface area contributed by atoms with E-state index in [0.29, 0.717) is 19.4 Å². The smallest absolute Gasteiger partial charge is 0.309 e. The fraction of sp³-hybridized carbons (Fsp3) is 0.933. The Morgan fingerprint density at radius 1 is 1.24 bits per heavy atom. The summed E-state index contributed by atoms with van der Waals surface area (Å²) >= 11 is 1.31. The van der Waals surface area contributed by atoms with Gasteiger partial charge in [0.2, 0.25) is 0 Å². The number of fused-ring (bicyclic) bond motifs is 1. The van der Waals surface area contributed by atoms with Gasteiger partial charge in [0.05, 0.1) is 18.6 Å². The maximum Gasteiger partial charge on any atom is 0.309 e. The molecule has 1 aliphatic carbocycles. The lowest BCUT2D eigenvalue weighted by molar-refractivity contribution is -0.183. The van der Waals surface area contributed by atoms with Gasteiger partial charge in [0, 0.05) is 6.26 Å². The van der Waals surface area contributed by atoms with Gasteiger partial charge in [-0.05, 0) is 44.6 Å². The van der Waals surface area contributed by atoms with Crippen LogP contribution in [0.25, 0.3) is 0 Å². The molecule has 0 aromatic heterocycles. The van der Waals surface area contributed by atoms with Gasteiger partial charge >= 0.3 is 5.97 Å². The molecule has 2 fully saturated rings. The van der Waals surface area contributed by atoms with Crippen molar-refractivity contribution in [3.05, 3.63) is 0 Å². The summed E-state index contributed by atoms with van der Waals surface area (Å²) < 4.78 is 23.3. The predicted octanol–water partition coefficient (Wildman–Crippen LogP) is 2.92. The first kappa shape index (κ1) is 17.1. The predicted molar refractivity (Wildman–Crippen MR) is 80.8 cm³/mol. The highest BCUT2D eigenvalue weighted by Crippen LogP contribution is 2.44. The monoisotopic (exact) mass is 318 g/mol. The third-order valence-corrected chi connectivity index (χ3v) is 4.84. The van der Waals surface area contributed by atoms with E-state index < -0.39 is 5.79 Å². The van der Waals surface area contributed by atoms with Crippen molar-refractivity contribution in [2.45, 2.75) is 70.6 Å². The van der Waals surface area contributed by atoms with E-state index in [1.54, 1.807) is 0 Å². The molecule has 4 unspecified atom stereocenters. The van der Waals surface area contributed by atoms with Gasteiger partial charge in [-0.15, -0.1) is 0 Å². The molecule has 0 spiro atoms. The Morgan fingerprint density at radius 3 is 2.52 bits per heavy atom. The maximum absolute atomic E-state index is 12.1. The van der Waals surface area contributed by atoms with Crippen LogP contribution >= 0.6 is 12.0 Å². The van der Waals surface area contributed by atoms with Crippen LogP contribution < -0.4 is 0 Å². The van der Waals surface area contributed by atoms with E-state index >= 15 is 0 Å². The van der Waals surface area contributed by atoms with Crippen molar-refractivity contribution < 1.29 is 23.2 Å². The summed E-state index contributed by atoms with van der Waals surface area (Å²) in [7, 11) is 0. The second kappa shape index (κ2) is 7.31. The second-order valence-electron chi connectivity index (χ2n) is 5.58. The molecular formula is C15H26O5S. The van der Waals surface area contributed by atoms with Crippen LogP contribution in [0.5, 0.6) is 0 Å². The summed E-state index contributed by atoms with van der Waals surface area (Å²) in [4.78, 5) is 12.1. The first-order chi connectivity index (χ1) is 10.1. The topological polar surface area (TPSA) is 54.0 Å². The van der Waals surface area contributed by atoms with Crippen LogP contribution in [0.1, 0.15) is 46.5 Å². The molecule has 1 aliphatic heterocycles. The first-order valence-electron chi connectivity index (χ1n) is 7.80. The number of carbonyl (C=O) groups excluding carboxylic acids is 1. The molecule has 1 heterocycles. The fourth-order valence-corrected chi connectivity index (χ4v) is 3.67. The fourth-order valence-electron chi connectivity index (χ4n) is 3.24. The highest BCUT2D eigenvalue weighted by atomic mass is 32.2. The molecule has 0 amide bonds. The molecule has 2 rings (SSSR count). The molecule has 122 valence electrons. The number of hydrogen-bond acceptors (Lipinski definition) is 6. The first-order valence-corrected chi connectivity index (χ1v) is 8.95. The van der Waals surface area contributed by atoms with Crippen LogP contribution in [0.15, 0.2) is 0 Å². The zero-order valence-electron chi connectivity index (χ0n) is 13.3. The molecule has 1 saturated carbocycles. The zero-order valence-corrected chi connectivity index (χ0v) is 14.1. The summed E-state index contributed by atoms with van der Waals surface area (Å²) in [6.07, 6.45) is 4.44. The van der Waals surface area contributed by atoms with Gasteiger partial charge in [0.25, 0.3) is 0 Å². The van der Waals surface area contributed by atoms with E-state index in [2.05, 4.69) is 13.8 Å². The summed E-state index contributed by atoms with van der Waals surface area (Å²) in [6, 6.07) is 0. The van der Waals surface area contributed by atoms with Crippen LogP contribution in [0.2, 0.25) is 0 Å². The van der Waals surface area contributed by atoms with Gasteiger partial charge in [-0.25, -0.2) is 0 Å². The average molecular weight is 318 g/mol. The minimum absolute atomic E-state index is 0.0924. The lowest BCUT2D eigenvalue weighted by Gasteiger charge is -2.34. The van der Waals surface area contributed by atoms with Crippen LogP contribution in [0.4, 0.5) is 0 Å². The Kier molecular flexibility index (Phi) is 5.94. The lowest BCUT2D eigenvalue weighted by atomic mass is 9.83. The van der Waals surface area contributed by atoms with Crippen molar-refractivity contribution in [2.24, 2.45) is 5.92 Å². The Morgan fingerprint density at radius 2 is 1.95 bits per heavy atom. The van der Waals surface area contributed by atoms with Gasteiger partial charge in [-0.3, -0.25) is 4.79 Å². The van der Waals surface area contributed by atoms with E-state index in [0.717, 1.165) is 12.8 Å². The molecule has 1 saturated heterocycles. The molecule has 21 heavy (non-hydrogen) atoms. The molecule has 0 aromatic carbocycles. The summed E-state index contributed by atoms with van der Waals surface area (Å²) in [5.74, 6) is -0.852. The molecule has 0 bridgehead atoms. The minimum atomic E-state index is -0.529. The largest absolute Gasteiger partial charge is 0.466 e. The summed E-state index contributed by atoms with van der Waals surface area (Å²) in [6.45, 7) is 6.36. The van der Waals surface area contributed by atoms with Crippen molar-refractivity contribution in [2.75, 3.05) is 12.9 Å². The van der Waals surface area contributed by atoms with E-state index in [4.69, 9.17) is 18.4 Å². The standard InChI is InChI=1S/C15H26O5S/c1-5-15(6-2)18-11-8-10(14(16)17-7-3)9-12(20-21-4)13(11)19-15/h10-13H,5-9H2,1-4H3. The van der Waals surface area contributed by atoms with E-state index in [1.807, 2.05) is 13.2 Å². The SMILES string of the molecule is CCOC(=O)C1CC(OSC)C2OC(CC)(CC)OC2C1. The molecule has 4 atom stereocenters. The second-order valence-corrected chi connectivity index (χ2v) is 6.10. The third kappa shape index (κ3) is 3.55. The quantitative estimate of drug-likeness (QED) is 0.554. The Balaban J connectivity index is 2.12. The van der Waals surface area contributed by atoms with Crippen LogP contribution in [-0.4, -0.2) is 42.9 Å². The van der Waals surface area contributed by atoms with Crippen molar-refractivity contribution >= 4 is 18.0 Å². The number of ether oxygens (including phenoxy) is 3. The zero-order chi connectivity index (χ0) is 15.5. The highest BCUT2D eigenvalue weighted by Gasteiger charge is 2.53. The normalized spacial score (nSPS) is 34.5. The number of hydrogen-bond donors (Lipinski definition) is 0. The minimum Gasteiger partial charge on any atom is -0.466 e. The molecule has 5 nitrogen and oxygen atoms in total. The van der Waals surface area contributed by atoms with Gasteiger partial charge in [0.15, 0.2) is 5.79 Å². The van der Waals surface area contributed by atoms with Gasteiger partial charge in [-0.2, -0.15) is 0 Å². The molecule has 6 heteroatoms. The number of carbonyl (C=O) groups is 1. The molecule has 0 aromatic rings. The Hall–Kier alpha value is -0.300. The lowest BCUT2D eigenvalue weighted by Crippen LogP contribution is -2.45. The Bertz CT molecular complexity index is 358. The number of rotatable bonds is 6. The van der Waals surface area contributed by atoms with Crippen molar-refractivity contribution in [1.82, 2.24) is 0 Å². The van der Waals surface area contributed by atoms with Crippen molar-refractivity contribution in [3.63, 3.8) is 0 Å². The van der Waals surface area contributed by atoms with Gasteiger partial charge in [0.1, 0.15) is 12.2 Å². The van der Waals surface area contributed by atoms with Gasteiger partial charge in [-0.1, -0.05) is 13.8 Å². The third-order valence-electron chi connectivity index (χ3n) is 4.40. The number of esters is 1. The summed E-state index contributed by atoms with van der Waals surface area (Å²) in [5.41, 5.74) is 0. The van der Waals surface area contributed by atoms with Crippen LogP contribution in [0, 0.1) is 5.92 Å². The maximum atomic E-state index is 12.1. The molecule has 0 radical (unpaired) electrons. The highest BCUT2D eigenvalue weighted by molar-refractivity contribution is 7.93. The average Bonchev–Trinajstić information content (AvgIpc) is 2.87. The van der Waals surface area contributed by atoms with Crippen molar-refractivity contribution in [3.8, 4) is 0 Å².